The van der Waals surface area contributed by atoms with Crippen molar-refractivity contribution >= 4 is 22.6 Å². The molecule has 25 heavy (non-hydrogen) atoms. The number of amides is 1. The summed E-state index contributed by atoms with van der Waals surface area (Å²) in [5.74, 6) is -0.126. The average Bonchev–Trinajstić information content (AvgIpc) is 3.26. The molecule has 0 fully saturated rings. The maximum absolute atomic E-state index is 12.3. The summed E-state index contributed by atoms with van der Waals surface area (Å²) in [6.07, 6.45) is 5.58. The van der Waals surface area contributed by atoms with E-state index < -0.39 is 0 Å². The van der Waals surface area contributed by atoms with Gasteiger partial charge in [0.15, 0.2) is 5.58 Å². The van der Waals surface area contributed by atoms with E-state index in [4.69, 9.17) is 4.52 Å². The molecule has 2 aromatic carbocycles. The van der Waals surface area contributed by atoms with Crippen LogP contribution in [0.4, 0.5) is 5.69 Å². The third-order valence-electron chi connectivity index (χ3n) is 3.92. The Morgan fingerprint density at radius 2 is 2.08 bits per heavy atom. The van der Waals surface area contributed by atoms with Gasteiger partial charge < -0.3 is 14.4 Å². The fourth-order valence-corrected chi connectivity index (χ4v) is 2.76. The molecule has 0 spiro atoms. The zero-order chi connectivity index (χ0) is 17.1. The van der Waals surface area contributed by atoms with Gasteiger partial charge in [0.25, 0.3) is 0 Å². The van der Waals surface area contributed by atoms with Gasteiger partial charge in [0.2, 0.25) is 5.91 Å². The number of carbonyl (C=O) groups excluding carboxylic acids is 1. The van der Waals surface area contributed by atoms with Gasteiger partial charge in [-0.2, -0.15) is 0 Å². The maximum Gasteiger partial charge on any atom is 0.230 e. The smallest absolute Gasteiger partial charge is 0.230 e. The molecule has 1 N–H and O–H groups in total. The van der Waals surface area contributed by atoms with Crippen molar-refractivity contribution in [1.29, 1.82) is 0 Å². The minimum Gasteiger partial charge on any atom is -0.356 e. The number of hydrogen-bond acceptors (Lipinski definition) is 4. The van der Waals surface area contributed by atoms with Crippen molar-refractivity contribution < 1.29 is 9.32 Å². The van der Waals surface area contributed by atoms with Crippen LogP contribution in [0.2, 0.25) is 0 Å². The number of carbonyl (C=O) groups is 1. The Balaban J connectivity index is 1.45. The van der Waals surface area contributed by atoms with Gasteiger partial charge in [-0.05, 0) is 29.8 Å². The Labute approximate surface area is 144 Å². The largest absolute Gasteiger partial charge is 0.356 e. The van der Waals surface area contributed by atoms with Crippen molar-refractivity contribution in [2.75, 3.05) is 5.32 Å². The summed E-state index contributed by atoms with van der Waals surface area (Å²) >= 11 is 0. The van der Waals surface area contributed by atoms with Crippen molar-refractivity contribution in [2.45, 2.75) is 13.0 Å². The van der Waals surface area contributed by atoms with E-state index in [-0.39, 0.29) is 12.3 Å². The second kappa shape index (κ2) is 6.60. The first kappa shape index (κ1) is 15.1. The summed E-state index contributed by atoms with van der Waals surface area (Å²) in [6.45, 7) is 0.706. The van der Waals surface area contributed by atoms with Gasteiger partial charge in [-0.1, -0.05) is 29.4 Å². The van der Waals surface area contributed by atoms with Gasteiger partial charge in [0.1, 0.15) is 5.69 Å². The number of anilines is 1. The Kier molecular flexibility index (Phi) is 4.00. The van der Waals surface area contributed by atoms with Crippen molar-refractivity contribution in [3.05, 3.63) is 78.5 Å². The lowest BCUT2D eigenvalue weighted by atomic mass is 10.1. The molecule has 0 saturated carbocycles. The van der Waals surface area contributed by atoms with E-state index in [0.717, 1.165) is 16.6 Å². The average molecular weight is 332 g/mol. The van der Waals surface area contributed by atoms with Gasteiger partial charge in [-0.15, -0.1) is 0 Å². The first-order chi connectivity index (χ1) is 12.3. The van der Waals surface area contributed by atoms with E-state index >= 15 is 0 Å². The molecular formula is C19H16N4O2. The molecule has 2 aromatic heterocycles. The van der Waals surface area contributed by atoms with Crippen molar-refractivity contribution in [1.82, 2.24) is 14.7 Å². The summed E-state index contributed by atoms with van der Waals surface area (Å²) < 4.78 is 7.21. The Hall–Kier alpha value is -3.41. The third-order valence-corrected chi connectivity index (χ3v) is 3.92. The zero-order valence-electron chi connectivity index (χ0n) is 13.4. The van der Waals surface area contributed by atoms with Crippen LogP contribution in [0.1, 0.15) is 11.3 Å². The second-order valence-corrected chi connectivity index (χ2v) is 5.79. The molecule has 0 saturated heterocycles. The first-order valence-electron chi connectivity index (χ1n) is 7.96. The topological polar surface area (TPSA) is 73.0 Å². The van der Waals surface area contributed by atoms with Crippen molar-refractivity contribution in [3.8, 4) is 0 Å². The fraction of sp³-hybridized carbons (Fsp3) is 0.105. The number of para-hydroxylation sites is 1. The van der Waals surface area contributed by atoms with E-state index in [0.29, 0.717) is 17.8 Å². The molecule has 0 bridgehead atoms. The minimum absolute atomic E-state index is 0.126. The molecule has 0 aliphatic heterocycles. The fourth-order valence-electron chi connectivity index (χ4n) is 2.76. The standard InChI is InChI=1S/C19H16N4O2/c24-19(11-17-16-6-1-2-7-18(16)25-22-17)21-15-5-3-4-14(10-15)12-23-9-8-20-13-23/h1-10,13H,11-12H2,(H,21,24). The monoisotopic (exact) mass is 332 g/mol. The highest BCUT2D eigenvalue weighted by Crippen LogP contribution is 2.19. The molecular weight excluding hydrogens is 316 g/mol. The first-order valence-corrected chi connectivity index (χ1v) is 7.96. The summed E-state index contributed by atoms with van der Waals surface area (Å²) in [5.41, 5.74) is 3.17. The molecule has 0 aliphatic rings. The van der Waals surface area contributed by atoms with Crippen LogP contribution in [0.5, 0.6) is 0 Å². The normalized spacial score (nSPS) is 10.9. The molecule has 6 heteroatoms. The summed E-state index contributed by atoms with van der Waals surface area (Å²) in [5, 5.41) is 7.78. The number of nitrogens with one attached hydrogen (secondary N) is 1. The SMILES string of the molecule is O=C(Cc1noc2ccccc12)Nc1cccc(Cn2ccnc2)c1. The number of benzene rings is 2. The third kappa shape index (κ3) is 3.42. The van der Waals surface area contributed by atoms with E-state index in [1.165, 1.54) is 0 Å². The molecule has 1 amide bonds. The summed E-state index contributed by atoms with van der Waals surface area (Å²) in [4.78, 5) is 16.4. The van der Waals surface area contributed by atoms with Gasteiger partial charge in [-0.25, -0.2) is 4.98 Å². The van der Waals surface area contributed by atoms with Crippen LogP contribution in [0.25, 0.3) is 11.0 Å². The van der Waals surface area contributed by atoms with Crippen LogP contribution in [-0.4, -0.2) is 20.6 Å². The lowest BCUT2D eigenvalue weighted by Gasteiger charge is -2.07. The lowest BCUT2D eigenvalue weighted by Crippen LogP contribution is -2.15. The van der Waals surface area contributed by atoms with Crippen LogP contribution in [-0.2, 0) is 17.8 Å². The highest BCUT2D eigenvalue weighted by atomic mass is 16.5. The number of hydrogen-bond donors (Lipinski definition) is 1. The summed E-state index contributed by atoms with van der Waals surface area (Å²) in [6, 6.07) is 15.3. The molecule has 4 rings (SSSR count). The quantitative estimate of drug-likeness (QED) is 0.609. The van der Waals surface area contributed by atoms with Crippen molar-refractivity contribution in [3.63, 3.8) is 0 Å². The number of aromatic nitrogens is 3. The van der Waals surface area contributed by atoms with Crippen LogP contribution in [0, 0.1) is 0 Å². The Bertz CT molecular complexity index is 1010. The van der Waals surface area contributed by atoms with E-state index in [1.807, 2.05) is 59.3 Å². The Morgan fingerprint density at radius 3 is 2.96 bits per heavy atom. The molecule has 6 nitrogen and oxygen atoms in total. The molecule has 124 valence electrons. The molecule has 0 atom stereocenters. The minimum atomic E-state index is -0.126. The number of nitrogens with zero attached hydrogens (tertiary/aromatic N) is 3. The van der Waals surface area contributed by atoms with Gasteiger partial charge >= 0.3 is 0 Å². The Morgan fingerprint density at radius 1 is 1.16 bits per heavy atom. The van der Waals surface area contributed by atoms with Crippen LogP contribution in [0.15, 0.2) is 71.8 Å². The predicted octanol–water partition coefficient (Wildman–Crippen LogP) is 3.25. The van der Waals surface area contributed by atoms with E-state index in [1.54, 1.807) is 12.5 Å². The molecule has 0 unspecified atom stereocenters. The molecule has 0 aliphatic carbocycles. The van der Waals surface area contributed by atoms with E-state index in [9.17, 15) is 4.79 Å². The van der Waals surface area contributed by atoms with Gasteiger partial charge in [0, 0.05) is 30.0 Å². The number of imidazole rings is 1. The molecule has 0 radical (unpaired) electrons. The highest BCUT2D eigenvalue weighted by Gasteiger charge is 2.12. The molecule has 4 aromatic rings. The number of fused-ring (bicyclic) bond motifs is 1. The predicted molar refractivity (Wildman–Crippen MR) is 94.1 cm³/mol. The summed E-state index contributed by atoms with van der Waals surface area (Å²) in [7, 11) is 0. The van der Waals surface area contributed by atoms with Crippen LogP contribution in [0.3, 0.4) is 0 Å². The second-order valence-electron chi connectivity index (χ2n) is 5.79. The molecule has 2 heterocycles. The van der Waals surface area contributed by atoms with Crippen LogP contribution >= 0.6 is 0 Å². The van der Waals surface area contributed by atoms with Crippen molar-refractivity contribution in [2.24, 2.45) is 0 Å². The maximum atomic E-state index is 12.3. The zero-order valence-corrected chi connectivity index (χ0v) is 13.4. The van der Waals surface area contributed by atoms with E-state index in [2.05, 4.69) is 15.5 Å². The lowest BCUT2D eigenvalue weighted by molar-refractivity contribution is -0.115. The van der Waals surface area contributed by atoms with Gasteiger partial charge in [0.05, 0.1) is 12.7 Å². The number of rotatable bonds is 5. The highest BCUT2D eigenvalue weighted by molar-refractivity contribution is 5.94. The van der Waals surface area contributed by atoms with Crippen LogP contribution < -0.4 is 5.32 Å². The van der Waals surface area contributed by atoms with Gasteiger partial charge in [-0.3, -0.25) is 4.79 Å².